The maximum absolute atomic E-state index is 13.0. The van der Waals surface area contributed by atoms with E-state index in [0.717, 1.165) is 0 Å². The van der Waals surface area contributed by atoms with E-state index in [0.29, 0.717) is 18.1 Å². The second kappa shape index (κ2) is 6.16. The van der Waals surface area contributed by atoms with E-state index in [1.54, 1.807) is 6.07 Å². The number of halogens is 1. The van der Waals surface area contributed by atoms with E-state index in [-0.39, 0.29) is 11.9 Å². The molecule has 2 nitrogen and oxygen atoms in total. The Bertz CT molecular complexity index is 359. The summed E-state index contributed by atoms with van der Waals surface area (Å²) in [5, 5.41) is 0. The lowest BCUT2D eigenvalue weighted by atomic mass is 10.3. The molecule has 0 aromatic heterocycles. The van der Waals surface area contributed by atoms with Gasteiger partial charge in [-0.1, -0.05) is 12.2 Å². The lowest BCUT2D eigenvalue weighted by Gasteiger charge is -2.14. The molecule has 0 spiro atoms. The quantitative estimate of drug-likeness (QED) is 0.712. The first-order valence-corrected chi connectivity index (χ1v) is 5.33. The van der Waals surface area contributed by atoms with Gasteiger partial charge in [-0.3, -0.25) is 0 Å². The van der Waals surface area contributed by atoms with Crippen LogP contribution in [0.3, 0.4) is 0 Å². The van der Waals surface area contributed by atoms with Gasteiger partial charge in [0.2, 0.25) is 0 Å². The molecule has 1 rings (SSSR count). The zero-order valence-corrected chi connectivity index (χ0v) is 9.87. The highest BCUT2D eigenvalue weighted by Crippen LogP contribution is 2.28. The SMILES string of the molecule is C/C=C/COc1cc(F)ccc1OC(C)C. The molecule has 0 aliphatic carbocycles. The van der Waals surface area contributed by atoms with Crippen LogP contribution in [0.2, 0.25) is 0 Å². The van der Waals surface area contributed by atoms with Crippen molar-refractivity contribution in [3.63, 3.8) is 0 Å². The van der Waals surface area contributed by atoms with Gasteiger partial charge in [0.15, 0.2) is 11.5 Å². The number of benzene rings is 1. The Labute approximate surface area is 95.7 Å². The molecule has 0 bridgehead atoms. The van der Waals surface area contributed by atoms with Crippen molar-refractivity contribution in [2.45, 2.75) is 26.9 Å². The van der Waals surface area contributed by atoms with E-state index in [1.165, 1.54) is 12.1 Å². The summed E-state index contributed by atoms with van der Waals surface area (Å²) in [6.45, 7) is 6.15. The summed E-state index contributed by atoms with van der Waals surface area (Å²) in [5.41, 5.74) is 0. The van der Waals surface area contributed by atoms with Gasteiger partial charge in [0, 0.05) is 6.07 Å². The Balaban J connectivity index is 2.80. The molecule has 1 aromatic rings. The van der Waals surface area contributed by atoms with Crippen LogP contribution in [0.25, 0.3) is 0 Å². The zero-order chi connectivity index (χ0) is 12.0. The third kappa shape index (κ3) is 3.93. The molecule has 16 heavy (non-hydrogen) atoms. The smallest absolute Gasteiger partial charge is 0.164 e. The molecule has 0 N–H and O–H groups in total. The van der Waals surface area contributed by atoms with Crippen molar-refractivity contribution < 1.29 is 13.9 Å². The van der Waals surface area contributed by atoms with E-state index < -0.39 is 0 Å². The molecule has 0 radical (unpaired) electrons. The van der Waals surface area contributed by atoms with Crippen LogP contribution in [-0.2, 0) is 0 Å². The van der Waals surface area contributed by atoms with Crippen LogP contribution in [0.15, 0.2) is 30.4 Å². The summed E-state index contributed by atoms with van der Waals surface area (Å²) in [5.74, 6) is 0.680. The van der Waals surface area contributed by atoms with Gasteiger partial charge < -0.3 is 9.47 Å². The third-order valence-corrected chi connectivity index (χ3v) is 1.84. The highest BCUT2D eigenvalue weighted by molar-refractivity contribution is 5.40. The van der Waals surface area contributed by atoms with Crippen molar-refractivity contribution in [3.8, 4) is 11.5 Å². The van der Waals surface area contributed by atoms with Gasteiger partial charge in [0.25, 0.3) is 0 Å². The number of rotatable bonds is 5. The highest BCUT2D eigenvalue weighted by Gasteiger charge is 2.07. The van der Waals surface area contributed by atoms with E-state index in [1.807, 2.05) is 32.9 Å². The lowest BCUT2D eigenvalue weighted by molar-refractivity contribution is 0.225. The standard InChI is InChI=1S/C13H17FO2/c1-4-5-8-15-13-9-11(14)6-7-12(13)16-10(2)3/h4-7,9-10H,8H2,1-3H3/b5-4+. The van der Waals surface area contributed by atoms with Crippen molar-refractivity contribution >= 4 is 0 Å². The minimum atomic E-state index is -0.327. The Hall–Kier alpha value is -1.51. The van der Waals surface area contributed by atoms with Crippen molar-refractivity contribution in [1.82, 2.24) is 0 Å². The Morgan fingerprint density at radius 1 is 1.31 bits per heavy atom. The zero-order valence-electron chi connectivity index (χ0n) is 9.87. The lowest BCUT2D eigenvalue weighted by Crippen LogP contribution is -2.07. The van der Waals surface area contributed by atoms with Crippen molar-refractivity contribution in [2.24, 2.45) is 0 Å². The molecule has 0 saturated heterocycles. The Morgan fingerprint density at radius 2 is 2.06 bits per heavy atom. The number of allylic oxidation sites excluding steroid dienone is 1. The molecule has 0 amide bonds. The Morgan fingerprint density at radius 3 is 2.69 bits per heavy atom. The van der Waals surface area contributed by atoms with Crippen LogP contribution >= 0.6 is 0 Å². The van der Waals surface area contributed by atoms with E-state index >= 15 is 0 Å². The van der Waals surface area contributed by atoms with Gasteiger partial charge in [-0.05, 0) is 32.9 Å². The van der Waals surface area contributed by atoms with Crippen molar-refractivity contribution in [3.05, 3.63) is 36.2 Å². The summed E-state index contributed by atoms with van der Waals surface area (Å²) in [6.07, 6.45) is 3.77. The monoisotopic (exact) mass is 224 g/mol. The fourth-order valence-electron chi connectivity index (χ4n) is 1.18. The van der Waals surface area contributed by atoms with Crippen LogP contribution in [0.4, 0.5) is 4.39 Å². The van der Waals surface area contributed by atoms with E-state index in [4.69, 9.17) is 9.47 Å². The maximum Gasteiger partial charge on any atom is 0.164 e. The molecule has 0 heterocycles. The van der Waals surface area contributed by atoms with Crippen LogP contribution < -0.4 is 9.47 Å². The van der Waals surface area contributed by atoms with Gasteiger partial charge in [-0.15, -0.1) is 0 Å². The largest absolute Gasteiger partial charge is 0.487 e. The summed E-state index contributed by atoms with van der Waals surface area (Å²) in [6, 6.07) is 4.28. The molecule has 0 fully saturated rings. The second-order valence-corrected chi connectivity index (χ2v) is 3.64. The van der Waals surface area contributed by atoms with Gasteiger partial charge in [0.05, 0.1) is 6.10 Å². The normalized spacial score (nSPS) is 11.1. The molecule has 0 saturated carbocycles. The molecule has 3 heteroatoms. The van der Waals surface area contributed by atoms with Crippen LogP contribution in [0.5, 0.6) is 11.5 Å². The molecule has 0 unspecified atom stereocenters. The van der Waals surface area contributed by atoms with Gasteiger partial charge in [0.1, 0.15) is 12.4 Å². The van der Waals surface area contributed by atoms with Crippen molar-refractivity contribution in [2.75, 3.05) is 6.61 Å². The first-order valence-electron chi connectivity index (χ1n) is 5.33. The van der Waals surface area contributed by atoms with Crippen LogP contribution in [0, 0.1) is 5.82 Å². The minimum Gasteiger partial charge on any atom is -0.487 e. The second-order valence-electron chi connectivity index (χ2n) is 3.64. The fourth-order valence-corrected chi connectivity index (χ4v) is 1.18. The van der Waals surface area contributed by atoms with Crippen molar-refractivity contribution in [1.29, 1.82) is 0 Å². The molecule has 0 atom stereocenters. The molecule has 1 aromatic carbocycles. The predicted molar refractivity (Wildman–Crippen MR) is 62.5 cm³/mol. The van der Waals surface area contributed by atoms with Gasteiger partial charge >= 0.3 is 0 Å². The molecular formula is C13H17FO2. The topological polar surface area (TPSA) is 18.5 Å². The first-order chi connectivity index (χ1) is 7.63. The average molecular weight is 224 g/mol. The average Bonchev–Trinajstić information content (AvgIpc) is 2.22. The minimum absolute atomic E-state index is 0.0366. The fraction of sp³-hybridized carbons (Fsp3) is 0.385. The molecular weight excluding hydrogens is 207 g/mol. The number of hydrogen-bond acceptors (Lipinski definition) is 2. The summed E-state index contributed by atoms with van der Waals surface area (Å²) in [7, 11) is 0. The van der Waals surface area contributed by atoms with Gasteiger partial charge in [-0.25, -0.2) is 4.39 Å². The predicted octanol–water partition coefficient (Wildman–Crippen LogP) is 3.57. The third-order valence-electron chi connectivity index (χ3n) is 1.84. The summed E-state index contributed by atoms with van der Waals surface area (Å²) >= 11 is 0. The van der Waals surface area contributed by atoms with E-state index in [2.05, 4.69) is 0 Å². The number of ether oxygens (including phenoxy) is 2. The molecule has 88 valence electrons. The number of hydrogen-bond donors (Lipinski definition) is 0. The summed E-state index contributed by atoms with van der Waals surface area (Å²) < 4.78 is 24.0. The van der Waals surface area contributed by atoms with E-state index in [9.17, 15) is 4.39 Å². The molecule has 0 aliphatic rings. The highest BCUT2D eigenvalue weighted by atomic mass is 19.1. The maximum atomic E-state index is 13.0. The van der Waals surface area contributed by atoms with Crippen LogP contribution in [0.1, 0.15) is 20.8 Å². The Kier molecular flexibility index (Phi) is 4.83. The molecule has 0 aliphatic heterocycles. The summed E-state index contributed by atoms with van der Waals surface area (Å²) in [4.78, 5) is 0. The van der Waals surface area contributed by atoms with Crippen LogP contribution in [-0.4, -0.2) is 12.7 Å². The van der Waals surface area contributed by atoms with Gasteiger partial charge in [-0.2, -0.15) is 0 Å². The first kappa shape index (κ1) is 12.6.